The van der Waals surface area contributed by atoms with Crippen LogP contribution in [-0.4, -0.2) is 25.0 Å². The van der Waals surface area contributed by atoms with Crippen LogP contribution in [0.5, 0.6) is 0 Å². The summed E-state index contributed by atoms with van der Waals surface area (Å²) < 4.78 is 0. The van der Waals surface area contributed by atoms with Gasteiger partial charge in [-0.25, -0.2) is 0 Å². The Bertz CT molecular complexity index is 392. The molecule has 3 heteroatoms. The lowest BCUT2D eigenvalue weighted by Crippen LogP contribution is -2.34. The van der Waals surface area contributed by atoms with Crippen LogP contribution in [0.3, 0.4) is 0 Å². The van der Waals surface area contributed by atoms with Crippen LogP contribution in [0.15, 0.2) is 36.4 Å². The highest BCUT2D eigenvalue weighted by Crippen LogP contribution is 2.05. The van der Waals surface area contributed by atoms with Gasteiger partial charge in [-0.2, -0.15) is 0 Å². The number of nitrogens with one attached hydrogen (secondary N) is 2. The monoisotopic (exact) mass is 244 g/mol. The molecule has 1 heterocycles. The van der Waals surface area contributed by atoms with Crippen LogP contribution < -0.4 is 10.6 Å². The highest BCUT2D eigenvalue weighted by atomic mass is 16.1. The molecule has 2 N–H and O–H groups in total. The summed E-state index contributed by atoms with van der Waals surface area (Å²) >= 11 is 0. The van der Waals surface area contributed by atoms with Crippen molar-refractivity contribution in [2.24, 2.45) is 0 Å². The summed E-state index contributed by atoms with van der Waals surface area (Å²) in [6, 6.07) is 10.2. The van der Waals surface area contributed by atoms with Crippen LogP contribution in [0, 0.1) is 0 Å². The maximum Gasteiger partial charge on any atom is 0.244 e. The molecule has 3 nitrogen and oxygen atoms in total. The average molecular weight is 244 g/mol. The Balaban J connectivity index is 1.82. The second-order valence-corrected chi connectivity index (χ2v) is 4.63. The van der Waals surface area contributed by atoms with Crippen LogP contribution in [0.1, 0.15) is 24.8 Å². The average Bonchev–Trinajstić information content (AvgIpc) is 2.66. The van der Waals surface area contributed by atoms with Gasteiger partial charge in [0.15, 0.2) is 0 Å². The van der Waals surface area contributed by atoms with E-state index in [1.54, 1.807) is 6.08 Å². The lowest BCUT2D eigenvalue weighted by Gasteiger charge is -2.14. The summed E-state index contributed by atoms with van der Waals surface area (Å²) in [5, 5.41) is 6.40. The van der Waals surface area contributed by atoms with Crippen LogP contribution >= 0.6 is 0 Å². The fraction of sp³-hybridized carbons (Fsp3) is 0.400. The maximum absolute atomic E-state index is 11.8. The molecule has 1 atom stereocenters. The lowest BCUT2D eigenvalue weighted by atomic mass is 10.1. The molecule has 1 aromatic carbocycles. The first-order chi connectivity index (χ1) is 8.84. The van der Waals surface area contributed by atoms with Gasteiger partial charge in [0.1, 0.15) is 0 Å². The minimum Gasteiger partial charge on any atom is -0.350 e. The number of carbonyl (C=O) groups excluding carboxylic acids is 1. The van der Waals surface area contributed by atoms with E-state index in [1.807, 2.05) is 36.4 Å². The van der Waals surface area contributed by atoms with Gasteiger partial charge >= 0.3 is 0 Å². The molecular formula is C15H20N2O. The molecule has 1 aliphatic rings. The Kier molecular flexibility index (Phi) is 4.97. The van der Waals surface area contributed by atoms with Crippen molar-refractivity contribution in [1.29, 1.82) is 0 Å². The van der Waals surface area contributed by atoms with Crippen LogP contribution in [0.25, 0.3) is 6.08 Å². The fourth-order valence-corrected chi connectivity index (χ4v) is 2.15. The number of amides is 1. The number of hydrogen-bond donors (Lipinski definition) is 2. The third kappa shape index (κ3) is 4.34. The van der Waals surface area contributed by atoms with Gasteiger partial charge in [-0.1, -0.05) is 30.3 Å². The molecule has 1 amide bonds. The zero-order valence-electron chi connectivity index (χ0n) is 10.6. The van der Waals surface area contributed by atoms with Crippen molar-refractivity contribution in [1.82, 2.24) is 10.6 Å². The van der Waals surface area contributed by atoms with E-state index in [9.17, 15) is 4.79 Å². The molecule has 0 aliphatic carbocycles. The highest BCUT2D eigenvalue weighted by Gasteiger charge is 2.12. The second-order valence-electron chi connectivity index (χ2n) is 4.63. The minimum absolute atomic E-state index is 0.00533. The van der Waals surface area contributed by atoms with E-state index >= 15 is 0 Å². The van der Waals surface area contributed by atoms with E-state index in [2.05, 4.69) is 10.6 Å². The highest BCUT2D eigenvalue weighted by molar-refractivity contribution is 5.91. The van der Waals surface area contributed by atoms with Crippen molar-refractivity contribution in [3.05, 3.63) is 42.0 Å². The van der Waals surface area contributed by atoms with Crippen LogP contribution in [-0.2, 0) is 4.79 Å². The van der Waals surface area contributed by atoms with E-state index in [0.29, 0.717) is 6.04 Å². The third-order valence-corrected chi connectivity index (χ3v) is 3.15. The number of benzene rings is 1. The molecule has 0 saturated carbocycles. The first kappa shape index (κ1) is 12.8. The van der Waals surface area contributed by atoms with Gasteiger partial charge < -0.3 is 10.6 Å². The van der Waals surface area contributed by atoms with Crippen molar-refractivity contribution < 1.29 is 4.79 Å². The Morgan fingerprint density at radius 2 is 2.06 bits per heavy atom. The molecule has 0 bridgehead atoms. The molecule has 1 aliphatic heterocycles. The van der Waals surface area contributed by atoms with Gasteiger partial charge in [-0.05, 0) is 44.0 Å². The molecule has 0 spiro atoms. The Morgan fingerprint density at radius 1 is 1.22 bits per heavy atom. The van der Waals surface area contributed by atoms with E-state index in [1.165, 1.54) is 0 Å². The molecule has 1 fully saturated rings. The van der Waals surface area contributed by atoms with Crippen molar-refractivity contribution in [2.45, 2.75) is 25.3 Å². The van der Waals surface area contributed by atoms with Crippen molar-refractivity contribution in [3.63, 3.8) is 0 Å². The topological polar surface area (TPSA) is 41.1 Å². The smallest absolute Gasteiger partial charge is 0.244 e. The molecule has 96 valence electrons. The molecular weight excluding hydrogens is 224 g/mol. The Morgan fingerprint density at radius 3 is 2.89 bits per heavy atom. The van der Waals surface area contributed by atoms with Gasteiger partial charge in [0, 0.05) is 12.1 Å². The van der Waals surface area contributed by atoms with Crippen molar-refractivity contribution in [2.75, 3.05) is 13.1 Å². The molecule has 18 heavy (non-hydrogen) atoms. The first-order valence-corrected chi connectivity index (χ1v) is 6.59. The van der Waals surface area contributed by atoms with Crippen molar-refractivity contribution >= 4 is 12.0 Å². The van der Waals surface area contributed by atoms with Gasteiger partial charge in [-0.15, -0.1) is 0 Å². The molecule has 0 aromatic heterocycles. The lowest BCUT2D eigenvalue weighted by molar-refractivity contribution is -0.117. The molecule has 1 aromatic rings. The molecule has 1 saturated heterocycles. The first-order valence-electron chi connectivity index (χ1n) is 6.59. The zero-order valence-corrected chi connectivity index (χ0v) is 10.6. The normalized spacial score (nSPS) is 20.6. The summed E-state index contributed by atoms with van der Waals surface area (Å²) in [5.41, 5.74) is 1.05. The Hall–Kier alpha value is -1.61. The van der Waals surface area contributed by atoms with Gasteiger partial charge in [0.2, 0.25) is 5.91 Å². The number of carbonyl (C=O) groups is 1. The summed E-state index contributed by atoms with van der Waals surface area (Å²) in [6.07, 6.45) is 6.69. The molecule has 1 unspecified atom stereocenters. The maximum atomic E-state index is 11.8. The quantitative estimate of drug-likeness (QED) is 0.798. The van der Waals surface area contributed by atoms with Crippen LogP contribution in [0.4, 0.5) is 0 Å². The van der Waals surface area contributed by atoms with Gasteiger partial charge in [-0.3, -0.25) is 4.79 Å². The van der Waals surface area contributed by atoms with E-state index in [4.69, 9.17) is 0 Å². The summed E-state index contributed by atoms with van der Waals surface area (Å²) in [5.74, 6) is 0.00533. The predicted octanol–water partition coefficient (Wildman–Crippen LogP) is 1.96. The van der Waals surface area contributed by atoms with Crippen LogP contribution in [0.2, 0.25) is 0 Å². The van der Waals surface area contributed by atoms with E-state index in [0.717, 1.165) is 37.9 Å². The van der Waals surface area contributed by atoms with Gasteiger partial charge in [0.05, 0.1) is 0 Å². The van der Waals surface area contributed by atoms with E-state index in [-0.39, 0.29) is 5.91 Å². The summed E-state index contributed by atoms with van der Waals surface area (Å²) in [6.45, 7) is 2.06. The molecule has 2 rings (SSSR count). The van der Waals surface area contributed by atoms with Gasteiger partial charge in [0.25, 0.3) is 0 Å². The largest absolute Gasteiger partial charge is 0.350 e. The number of rotatable bonds is 3. The third-order valence-electron chi connectivity index (χ3n) is 3.15. The van der Waals surface area contributed by atoms with Crippen molar-refractivity contribution in [3.8, 4) is 0 Å². The Labute approximate surface area is 108 Å². The SMILES string of the molecule is O=C(/C=C/c1ccccc1)NC1CCCNCC1. The standard InChI is InChI=1S/C15H20N2O/c18-15(9-8-13-5-2-1-3-6-13)17-14-7-4-11-16-12-10-14/h1-3,5-6,8-9,14,16H,4,7,10-12H2,(H,17,18)/b9-8+. The number of hydrogen-bond acceptors (Lipinski definition) is 2. The predicted molar refractivity (Wildman–Crippen MR) is 74.1 cm³/mol. The summed E-state index contributed by atoms with van der Waals surface area (Å²) in [7, 11) is 0. The zero-order chi connectivity index (χ0) is 12.6. The second kappa shape index (κ2) is 6.97. The summed E-state index contributed by atoms with van der Waals surface area (Å²) in [4.78, 5) is 11.8. The fourth-order valence-electron chi connectivity index (χ4n) is 2.15. The minimum atomic E-state index is 0.00533. The van der Waals surface area contributed by atoms with E-state index < -0.39 is 0 Å². The molecule has 0 radical (unpaired) electrons.